The number of rotatable bonds is 7. The molecule has 5 nitrogen and oxygen atoms in total. The van der Waals surface area contributed by atoms with Gasteiger partial charge in [0.1, 0.15) is 5.82 Å². The van der Waals surface area contributed by atoms with Crippen molar-refractivity contribution in [1.29, 1.82) is 0 Å². The summed E-state index contributed by atoms with van der Waals surface area (Å²) in [7, 11) is 0. The van der Waals surface area contributed by atoms with Crippen LogP contribution in [-0.2, 0) is 6.54 Å². The molecule has 1 N–H and O–H groups in total. The molecule has 34 heavy (non-hydrogen) atoms. The molecule has 1 fully saturated rings. The molecule has 2 heterocycles. The van der Waals surface area contributed by atoms with E-state index >= 15 is 0 Å². The van der Waals surface area contributed by atoms with Crippen LogP contribution in [0.15, 0.2) is 72.3 Å². The van der Waals surface area contributed by atoms with E-state index in [0.29, 0.717) is 6.54 Å². The van der Waals surface area contributed by atoms with Gasteiger partial charge in [-0.15, -0.1) is 0 Å². The van der Waals surface area contributed by atoms with Gasteiger partial charge in [0, 0.05) is 44.7 Å². The van der Waals surface area contributed by atoms with E-state index in [0.717, 1.165) is 61.4 Å². The van der Waals surface area contributed by atoms with Gasteiger partial charge in [-0.1, -0.05) is 60.2 Å². The Morgan fingerprint density at radius 2 is 1.74 bits per heavy atom. The van der Waals surface area contributed by atoms with Crippen LogP contribution in [-0.4, -0.2) is 48.5 Å². The molecule has 0 unspecified atom stereocenters. The van der Waals surface area contributed by atoms with Crippen molar-refractivity contribution in [3.8, 4) is 0 Å². The Morgan fingerprint density at radius 1 is 0.941 bits per heavy atom. The molecule has 1 saturated heterocycles. The normalized spacial score (nSPS) is 16.9. The Bertz CT molecular complexity index is 1150. The zero-order valence-corrected chi connectivity index (χ0v) is 19.9. The molecular weight excluding hydrogens is 420 g/mol. The number of carbonyl (C=O) groups is 1. The molecule has 0 bridgehead atoms. The van der Waals surface area contributed by atoms with Gasteiger partial charge in [-0.2, -0.15) is 0 Å². The SMILES string of the molecule is O=C(NCCC1=CCCCC1)c1cc(N2CCN(Cc3ccccc3)CC2)nc2ccccc12. The topological polar surface area (TPSA) is 48.5 Å². The van der Waals surface area contributed by atoms with Crippen LogP contribution in [0.2, 0.25) is 0 Å². The van der Waals surface area contributed by atoms with Crippen LogP contribution >= 0.6 is 0 Å². The molecule has 5 rings (SSSR count). The number of hydrogen-bond donors (Lipinski definition) is 1. The number of fused-ring (bicyclic) bond motifs is 1. The largest absolute Gasteiger partial charge is 0.354 e. The molecule has 1 aliphatic heterocycles. The van der Waals surface area contributed by atoms with E-state index in [9.17, 15) is 4.79 Å². The lowest BCUT2D eigenvalue weighted by Gasteiger charge is -2.35. The van der Waals surface area contributed by atoms with Gasteiger partial charge < -0.3 is 10.2 Å². The molecule has 176 valence electrons. The fourth-order valence-electron chi connectivity index (χ4n) is 5.05. The van der Waals surface area contributed by atoms with Crippen molar-refractivity contribution in [3.05, 3.63) is 83.4 Å². The molecule has 1 aliphatic carbocycles. The van der Waals surface area contributed by atoms with Gasteiger partial charge in [0.2, 0.25) is 0 Å². The number of amides is 1. The number of benzene rings is 2. The second-order valence-electron chi connectivity index (χ2n) is 9.41. The van der Waals surface area contributed by atoms with E-state index in [1.165, 1.54) is 36.8 Å². The smallest absolute Gasteiger partial charge is 0.252 e. The summed E-state index contributed by atoms with van der Waals surface area (Å²) in [4.78, 5) is 22.9. The van der Waals surface area contributed by atoms with Crippen molar-refractivity contribution in [2.24, 2.45) is 0 Å². The predicted molar refractivity (Wildman–Crippen MR) is 139 cm³/mol. The van der Waals surface area contributed by atoms with Crippen LogP contribution in [0.5, 0.6) is 0 Å². The fraction of sp³-hybridized carbons (Fsp3) is 0.379. The van der Waals surface area contributed by atoms with E-state index in [4.69, 9.17) is 4.98 Å². The van der Waals surface area contributed by atoms with Crippen LogP contribution in [0.4, 0.5) is 5.82 Å². The zero-order chi connectivity index (χ0) is 23.2. The number of aromatic nitrogens is 1. The molecule has 0 radical (unpaired) electrons. The van der Waals surface area contributed by atoms with Gasteiger partial charge in [0.15, 0.2) is 0 Å². The number of para-hydroxylation sites is 1. The quantitative estimate of drug-likeness (QED) is 0.500. The summed E-state index contributed by atoms with van der Waals surface area (Å²) in [5.41, 5.74) is 4.44. The summed E-state index contributed by atoms with van der Waals surface area (Å²) >= 11 is 0. The van der Waals surface area contributed by atoms with Crippen molar-refractivity contribution in [3.63, 3.8) is 0 Å². The summed E-state index contributed by atoms with van der Waals surface area (Å²) in [6, 6.07) is 20.6. The van der Waals surface area contributed by atoms with Crippen molar-refractivity contribution in [2.45, 2.75) is 38.6 Å². The minimum absolute atomic E-state index is 0.000951. The van der Waals surface area contributed by atoms with E-state index in [-0.39, 0.29) is 5.91 Å². The summed E-state index contributed by atoms with van der Waals surface area (Å²) in [6.45, 7) is 5.46. The number of nitrogens with zero attached hydrogens (tertiary/aromatic N) is 3. The number of nitrogens with one attached hydrogen (secondary N) is 1. The van der Waals surface area contributed by atoms with Gasteiger partial charge in [-0.3, -0.25) is 9.69 Å². The van der Waals surface area contributed by atoms with E-state index in [2.05, 4.69) is 51.5 Å². The van der Waals surface area contributed by atoms with Crippen LogP contribution in [0, 0.1) is 0 Å². The molecule has 5 heteroatoms. The first-order valence-electron chi connectivity index (χ1n) is 12.6. The monoisotopic (exact) mass is 454 g/mol. The Labute approximate surface area is 202 Å². The number of allylic oxidation sites excluding steroid dienone is 1. The maximum atomic E-state index is 13.2. The van der Waals surface area contributed by atoms with Crippen molar-refractivity contribution >= 4 is 22.6 Å². The van der Waals surface area contributed by atoms with Gasteiger partial charge in [0.05, 0.1) is 11.1 Å². The second-order valence-corrected chi connectivity index (χ2v) is 9.41. The summed E-state index contributed by atoms with van der Waals surface area (Å²) in [5.74, 6) is 0.900. The first-order valence-corrected chi connectivity index (χ1v) is 12.6. The predicted octanol–water partition coefficient (Wildman–Crippen LogP) is 5.18. The van der Waals surface area contributed by atoms with Gasteiger partial charge in [0.25, 0.3) is 5.91 Å². The average Bonchev–Trinajstić information content (AvgIpc) is 2.89. The highest BCUT2D eigenvalue weighted by molar-refractivity contribution is 6.07. The number of hydrogen-bond acceptors (Lipinski definition) is 4. The maximum Gasteiger partial charge on any atom is 0.252 e. The zero-order valence-electron chi connectivity index (χ0n) is 19.9. The minimum Gasteiger partial charge on any atom is -0.354 e. The first-order chi connectivity index (χ1) is 16.8. The third kappa shape index (κ3) is 5.48. The average molecular weight is 455 g/mol. The Hall–Kier alpha value is -3.18. The van der Waals surface area contributed by atoms with Crippen LogP contribution in [0.3, 0.4) is 0 Å². The molecule has 0 spiro atoms. The lowest BCUT2D eigenvalue weighted by Crippen LogP contribution is -2.46. The van der Waals surface area contributed by atoms with Gasteiger partial charge in [-0.25, -0.2) is 4.98 Å². The number of anilines is 1. The molecule has 3 aromatic rings. The Balaban J connectivity index is 1.27. The molecule has 1 aromatic heterocycles. The second kappa shape index (κ2) is 10.8. The molecule has 0 atom stereocenters. The highest BCUT2D eigenvalue weighted by Crippen LogP contribution is 2.25. The fourth-order valence-corrected chi connectivity index (χ4v) is 5.05. The maximum absolute atomic E-state index is 13.2. The molecule has 0 saturated carbocycles. The molecule has 2 aromatic carbocycles. The summed E-state index contributed by atoms with van der Waals surface area (Å²) < 4.78 is 0. The Kier molecular flexibility index (Phi) is 7.20. The van der Waals surface area contributed by atoms with Crippen molar-refractivity contribution in [2.75, 3.05) is 37.6 Å². The molecule has 1 amide bonds. The van der Waals surface area contributed by atoms with E-state index in [1.807, 2.05) is 30.3 Å². The van der Waals surface area contributed by atoms with Crippen LogP contribution in [0.25, 0.3) is 10.9 Å². The van der Waals surface area contributed by atoms with Crippen molar-refractivity contribution in [1.82, 2.24) is 15.2 Å². The first kappa shape index (κ1) is 22.6. The lowest BCUT2D eigenvalue weighted by molar-refractivity contribution is 0.0955. The minimum atomic E-state index is -0.000951. The molecular formula is C29H34N4O. The number of piperazine rings is 1. The summed E-state index contributed by atoms with van der Waals surface area (Å²) in [5, 5.41) is 4.09. The molecule has 2 aliphatic rings. The van der Waals surface area contributed by atoms with Crippen LogP contribution < -0.4 is 10.2 Å². The van der Waals surface area contributed by atoms with E-state index in [1.54, 1.807) is 0 Å². The third-order valence-electron chi connectivity index (χ3n) is 7.01. The van der Waals surface area contributed by atoms with E-state index < -0.39 is 0 Å². The highest BCUT2D eigenvalue weighted by atomic mass is 16.1. The van der Waals surface area contributed by atoms with Gasteiger partial charge in [-0.05, 0) is 49.8 Å². The lowest BCUT2D eigenvalue weighted by atomic mass is 9.97. The number of pyridine rings is 1. The van der Waals surface area contributed by atoms with Gasteiger partial charge >= 0.3 is 0 Å². The highest BCUT2D eigenvalue weighted by Gasteiger charge is 2.21. The standard InChI is InChI=1S/C29H34N4O/c34-29(30-16-15-23-9-3-1-4-10-23)26-21-28(31-27-14-8-7-13-25(26)27)33-19-17-32(18-20-33)22-24-11-5-2-6-12-24/h2,5-9,11-14,21H,1,3-4,10,15-20,22H2,(H,30,34). The van der Waals surface area contributed by atoms with Crippen molar-refractivity contribution < 1.29 is 4.79 Å². The third-order valence-corrected chi connectivity index (χ3v) is 7.01. The Morgan fingerprint density at radius 3 is 2.53 bits per heavy atom. The number of carbonyl (C=O) groups excluding carboxylic acids is 1. The summed E-state index contributed by atoms with van der Waals surface area (Å²) in [6.07, 6.45) is 8.23. The van der Waals surface area contributed by atoms with Crippen LogP contribution in [0.1, 0.15) is 48.0 Å².